The standard InChI is InChI=1S/C8H7FN2O/c9-5-1-2-7-6(3-5)8(4-12)11-10-7/h1-3,12H,4H2,(H,10,11). The largest absolute Gasteiger partial charge is 0.390 e. The number of hydrogen-bond acceptors (Lipinski definition) is 2. The van der Waals surface area contributed by atoms with Crippen LogP contribution >= 0.6 is 0 Å². The van der Waals surface area contributed by atoms with E-state index in [4.69, 9.17) is 5.11 Å². The Balaban J connectivity index is 2.75. The summed E-state index contributed by atoms with van der Waals surface area (Å²) in [4.78, 5) is 0. The van der Waals surface area contributed by atoms with E-state index < -0.39 is 0 Å². The molecular formula is C8H7FN2O. The summed E-state index contributed by atoms with van der Waals surface area (Å²) in [6.07, 6.45) is 0. The van der Waals surface area contributed by atoms with Crippen LogP contribution in [0, 0.1) is 5.82 Å². The normalized spacial score (nSPS) is 10.8. The van der Waals surface area contributed by atoms with Crippen molar-refractivity contribution < 1.29 is 9.50 Å². The molecule has 0 atom stereocenters. The number of benzene rings is 1. The lowest BCUT2D eigenvalue weighted by molar-refractivity contribution is 0.278. The molecule has 0 bridgehead atoms. The Morgan fingerprint density at radius 1 is 1.50 bits per heavy atom. The van der Waals surface area contributed by atoms with Crippen LogP contribution in [0.2, 0.25) is 0 Å². The molecule has 1 heterocycles. The zero-order chi connectivity index (χ0) is 8.55. The minimum Gasteiger partial charge on any atom is -0.390 e. The smallest absolute Gasteiger partial charge is 0.124 e. The summed E-state index contributed by atoms with van der Waals surface area (Å²) in [6.45, 7) is -0.177. The lowest BCUT2D eigenvalue weighted by Crippen LogP contribution is -1.82. The second-order valence-electron chi connectivity index (χ2n) is 2.52. The number of H-pyrrole nitrogens is 1. The summed E-state index contributed by atoms with van der Waals surface area (Å²) in [6, 6.07) is 4.29. The van der Waals surface area contributed by atoms with Gasteiger partial charge >= 0.3 is 0 Å². The van der Waals surface area contributed by atoms with Gasteiger partial charge in [0.1, 0.15) is 5.82 Å². The molecule has 2 aromatic rings. The molecule has 0 amide bonds. The van der Waals surface area contributed by atoms with Gasteiger partial charge in [0.15, 0.2) is 0 Å². The SMILES string of the molecule is OCc1n[nH]c2ccc(F)cc12. The van der Waals surface area contributed by atoms with Gasteiger partial charge in [-0.25, -0.2) is 4.39 Å². The minimum absolute atomic E-state index is 0.177. The van der Waals surface area contributed by atoms with Crippen LogP contribution in [0.15, 0.2) is 18.2 Å². The lowest BCUT2D eigenvalue weighted by Gasteiger charge is -1.90. The minimum atomic E-state index is -0.321. The van der Waals surface area contributed by atoms with Crippen LogP contribution in [0.5, 0.6) is 0 Å². The molecule has 0 radical (unpaired) electrons. The average Bonchev–Trinajstić information content (AvgIpc) is 2.46. The first-order chi connectivity index (χ1) is 5.81. The molecule has 2 N–H and O–H groups in total. The maximum Gasteiger partial charge on any atom is 0.124 e. The highest BCUT2D eigenvalue weighted by atomic mass is 19.1. The molecule has 4 heteroatoms. The van der Waals surface area contributed by atoms with Crippen LogP contribution in [-0.4, -0.2) is 15.3 Å². The van der Waals surface area contributed by atoms with E-state index in [9.17, 15) is 4.39 Å². The van der Waals surface area contributed by atoms with Crippen LogP contribution in [-0.2, 0) is 6.61 Å². The number of aromatic nitrogens is 2. The zero-order valence-corrected chi connectivity index (χ0v) is 6.21. The molecule has 0 aliphatic carbocycles. The van der Waals surface area contributed by atoms with E-state index in [1.54, 1.807) is 6.07 Å². The molecule has 1 aromatic heterocycles. The highest BCUT2D eigenvalue weighted by Gasteiger charge is 2.04. The van der Waals surface area contributed by atoms with Crippen LogP contribution in [0.25, 0.3) is 10.9 Å². The number of aliphatic hydroxyl groups excluding tert-OH is 1. The van der Waals surface area contributed by atoms with E-state index in [1.165, 1.54) is 12.1 Å². The Morgan fingerprint density at radius 3 is 3.08 bits per heavy atom. The van der Waals surface area contributed by atoms with E-state index in [2.05, 4.69) is 10.2 Å². The van der Waals surface area contributed by atoms with Crippen molar-refractivity contribution in [2.75, 3.05) is 0 Å². The monoisotopic (exact) mass is 166 g/mol. The third-order valence-corrected chi connectivity index (χ3v) is 1.75. The Bertz CT molecular complexity index is 410. The lowest BCUT2D eigenvalue weighted by atomic mass is 10.2. The van der Waals surface area contributed by atoms with Gasteiger partial charge in [-0.05, 0) is 18.2 Å². The second kappa shape index (κ2) is 2.57. The van der Waals surface area contributed by atoms with Gasteiger partial charge in [0.2, 0.25) is 0 Å². The van der Waals surface area contributed by atoms with Crippen LogP contribution in [0.1, 0.15) is 5.69 Å². The van der Waals surface area contributed by atoms with E-state index >= 15 is 0 Å². The third-order valence-electron chi connectivity index (χ3n) is 1.75. The first-order valence-electron chi connectivity index (χ1n) is 3.54. The van der Waals surface area contributed by atoms with Gasteiger partial charge < -0.3 is 5.11 Å². The fraction of sp³-hybridized carbons (Fsp3) is 0.125. The van der Waals surface area contributed by atoms with Crippen molar-refractivity contribution in [2.45, 2.75) is 6.61 Å². The highest BCUT2D eigenvalue weighted by Crippen LogP contribution is 2.16. The van der Waals surface area contributed by atoms with Crippen molar-refractivity contribution in [1.82, 2.24) is 10.2 Å². The first-order valence-corrected chi connectivity index (χ1v) is 3.54. The van der Waals surface area contributed by atoms with Crippen molar-refractivity contribution in [2.24, 2.45) is 0 Å². The number of halogens is 1. The van der Waals surface area contributed by atoms with E-state index in [0.29, 0.717) is 11.1 Å². The van der Waals surface area contributed by atoms with Gasteiger partial charge in [-0.15, -0.1) is 0 Å². The molecule has 0 aliphatic heterocycles. The molecule has 0 aliphatic rings. The quantitative estimate of drug-likeness (QED) is 0.668. The predicted octanol–water partition coefficient (Wildman–Crippen LogP) is 1.19. The molecule has 0 saturated heterocycles. The summed E-state index contributed by atoms with van der Waals surface area (Å²) < 4.78 is 12.7. The second-order valence-corrected chi connectivity index (χ2v) is 2.52. The van der Waals surface area contributed by atoms with E-state index in [0.717, 1.165) is 5.52 Å². The van der Waals surface area contributed by atoms with E-state index in [-0.39, 0.29) is 12.4 Å². The zero-order valence-electron chi connectivity index (χ0n) is 6.21. The van der Waals surface area contributed by atoms with Crippen LogP contribution in [0.4, 0.5) is 4.39 Å². The topological polar surface area (TPSA) is 48.9 Å². The van der Waals surface area contributed by atoms with Gasteiger partial charge in [0, 0.05) is 5.39 Å². The van der Waals surface area contributed by atoms with Gasteiger partial charge in [0.25, 0.3) is 0 Å². The third kappa shape index (κ3) is 0.967. The number of nitrogens with zero attached hydrogens (tertiary/aromatic N) is 1. The van der Waals surface area contributed by atoms with Crippen LogP contribution in [0.3, 0.4) is 0 Å². The molecule has 0 fully saturated rings. The highest BCUT2D eigenvalue weighted by molar-refractivity contribution is 5.81. The Hall–Kier alpha value is -1.42. The molecular weight excluding hydrogens is 159 g/mol. The number of nitrogens with one attached hydrogen (secondary N) is 1. The number of rotatable bonds is 1. The summed E-state index contributed by atoms with van der Waals surface area (Å²) in [5, 5.41) is 15.9. The van der Waals surface area contributed by atoms with Gasteiger partial charge in [-0.1, -0.05) is 0 Å². The van der Waals surface area contributed by atoms with Crippen molar-refractivity contribution >= 4 is 10.9 Å². The summed E-state index contributed by atoms with van der Waals surface area (Å²) in [7, 11) is 0. The van der Waals surface area contributed by atoms with E-state index in [1.807, 2.05) is 0 Å². The van der Waals surface area contributed by atoms with Crippen molar-refractivity contribution in [3.05, 3.63) is 29.7 Å². The number of fused-ring (bicyclic) bond motifs is 1. The molecule has 0 saturated carbocycles. The summed E-state index contributed by atoms with van der Waals surface area (Å²) >= 11 is 0. The van der Waals surface area contributed by atoms with Gasteiger partial charge in [-0.3, -0.25) is 5.10 Å². The molecule has 0 spiro atoms. The van der Waals surface area contributed by atoms with Gasteiger partial charge in [-0.2, -0.15) is 5.10 Å². The maximum atomic E-state index is 12.7. The van der Waals surface area contributed by atoms with Crippen LogP contribution < -0.4 is 0 Å². The number of hydrogen-bond donors (Lipinski definition) is 2. The summed E-state index contributed by atoms with van der Waals surface area (Å²) in [5.74, 6) is -0.321. The fourth-order valence-electron chi connectivity index (χ4n) is 1.16. The molecule has 0 unspecified atom stereocenters. The molecule has 3 nitrogen and oxygen atoms in total. The van der Waals surface area contributed by atoms with Crippen molar-refractivity contribution in [1.29, 1.82) is 0 Å². The van der Waals surface area contributed by atoms with Crippen molar-refractivity contribution in [3.8, 4) is 0 Å². The molecule has 62 valence electrons. The molecule has 1 aromatic carbocycles. The molecule has 2 rings (SSSR count). The Morgan fingerprint density at radius 2 is 2.33 bits per heavy atom. The van der Waals surface area contributed by atoms with Gasteiger partial charge in [0.05, 0.1) is 17.8 Å². The summed E-state index contributed by atoms with van der Waals surface area (Å²) in [5.41, 5.74) is 1.21. The average molecular weight is 166 g/mol. The fourth-order valence-corrected chi connectivity index (χ4v) is 1.16. The number of aliphatic hydroxyl groups is 1. The first kappa shape index (κ1) is 7.24. The van der Waals surface area contributed by atoms with Crippen molar-refractivity contribution in [3.63, 3.8) is 0 Å². The predicted molar refractivity (Wildman–Crippen MR) is 42.0 cm³/mol. The number of aromatic amines is 1. The molecule has 12 heavy (non-hydrogen) atoms. The maximum absolute atomic E-state index is 12.7. The Kier molecular flexibility index (Phi) is 1.55. The Labute approximate surface area is 67.8 Å².